The number of rotatable bonds is 4. The van der Waals surface area contributed by atoms with Crippen LogP contribution in [0.25, 0.3) is 0 Å². The lowest BCUT2D eigenvalue weighted by Gasteiger charge is -2.26. The summed E-state index contributed by atoms with van der Waals surface area (Å²) in [5.74, 6) is -0.102. The van der Waals surface area contributed by atoms with Crippen molar-refractivity contribution < 1.29 is 9.18 Å². The van der Waals surface area contributed by atoms with E-state index in [0.29, 0.717) is 6.54 Å². The maximum atomic E-state index is 13.4. The van der Waals surface area contributed by atoms with Gasteiger partial charge in [0.1, 0.15) is 17.5 Å². The van der Waals surface area contributed by atoms with Crippen LogP contribution in [-0.2, 0) is 4.79 Å². The van der Waals surface area contributed by atoms with Crippen molar-refractivity contribution in [3.05, 3.63) is 35.6 Å². The minimum atomic E-state index is -0.372. The smallest absolute Gasteiger partial charge is 0.244 e. The van der Waals surface area contributed by atoms with Crippen LogP contribution in [0.5, 0.6) is 0 Å². The van der Waals surface area contributed by atoms with Gasteiger partial charge in [-0.1, -0.05) is 12.1 Å². The number of nitrogens with zero attached hydrogens (tertiary/aromatic N) is 2. The second-order valence-electron chi connectivity index (χ2n) is 5.99. The Labute approximate surface area is 118 Å². The summed E-state index contributed by atoms with van der Waals surface area (Å²) in [5, 5.41) is 3.40. The summed E-state index contributed by atoms with van der Waals surface area (Å²) in [7, 11) is 3.97. The Kier molecular flexibility index (Phi) is 3.26. The van der Waals surface area contributed by atoms with Crippen molar-refractivity contribution in [2.45, 2.75) is 24.5 Å². The van der Waals surface area contributed by atoms with Crippen molar-refractivity contribution in [2.75, 3.05) is 27.2 Å². The third kappa shape index (κ3) is 2.31. The van der Waals surface area contributed by atoms with E-state index < -0.39 is 0 Å². The van der Waals surface area contributed by atoms with Gasteiger partial charge < -0.3 is 9.80 Å². The molecule has 1 aliphatic carbocycles. The number of nitrogens with one attached hydrogen (secondary N) is 1. The van der Waals surface area contributed by atoms with Crippen LogP contribution in [0.3, 0.4) is 0 Å². The average molecular weight is 277 g/mol. The lowest BCUT2D eigenvalue weighted by molar-refractivity contribution is -0.131. The predicted octanol–water partition coefficient (Wildman–Crippen LogP) is 1.35. The van der Waals surface area contributed by atoms with Gasteiger partial charge in [0.25, 0.3) is 0 Å². The second kappa shape index (κ2) is 4.82. The molecule has 5 heteroatoms. The molecule has 20 heavy (non-hydrogen) atoms. The van der Waals surface area contributed by atoms with Crippen LogP contribution in [0.15, 0.2) is 24.3 Å². The van der Waals surface area contributed by atoms with E-state index in [2.05, 4.69) is 5.32 Å². The first-order chi connectivity index (χ1) is 9.52. The maximum absolute atomic E-state index is 13.4. The molecule has 1 saturated carbocycles. The molecule has 0 aromatic heterocycles. The second-order valence-corrected chi connectivity index (χ2v) is 5.99. The van der Waals surface area contributed by atoms with Crippen LogP contribution < -0.4 is 5.32 Å². The van der Waals surface area contributed by atoms with Gasteiger partial charge in [-0.2, -0.15) is 0 Å². The van der Waals surface area contributed by atoms with Crippen LogP contribution in [0.2, 0.25) is 0 Å². The molecule has 1 atom stereocenters. The zero-order valence-corrected chi connectivity index (χ0v) is 11.9. The Hall–Kier alpha value is -1.46. The molecule has 1 amide bonds. The summed E-state index contributed by atoms with van der Waals surface area (Å²) in [6.45, 7) is 1.46. The third-order valence-corrected chi connectivity index (χ3v) is 4.10. The number of benzene rings is 1. The minimum absolute atomic E-state index is 0.161. The topological polar surface area (TPSA) is 35.6 Å². The molecule has 0 bridgehead atoms. The van der Waals surface area contributed by atoms with E-state index in [0.717, 1.165) is 24.9 Å². The summed E-state index contributed by atoms with van der Waals surface area (Å²) < 4.78 is 13.4. The molecule has 2 fully saturated rings. The standard InChI is InChI=1S/C15H20FN3O/c1-18(2)8-9-19-13(11-4-3-5-12(16)10-11)17-15(6-7-15)14(19)20/h3-5,10,13,17H,6-9H2,1-2H3. The van der Waals surface area contributed by atoms with Crippen LogP contribution in [0.4, 0.5) is 4.39 Å². The molecule has 0 radical (unpaired) electrons. The van der Waals surface area contributed by atoms with Crippen molar-refractivity contribution in [1.29, 1.82) is 0 Å². The average Bonchev–Trinajstić information content (AvgIpc) is 3.12. The number of likely N-dealkylation sites (N-methyl/N-ethyl adjacent to an activating group) is 1. The van der Waals surface area contributed by atoms with Crippen LogP contribution in [-0.4, -0.2) is 48.4 Å². The Balaban J connectivity index is 1.85. The highest BCUT2D eigenvalue weighted by atomic mass is 19.1. The normalized spacial score (nSPS) is 23.9. The van der Waals surface area contributed by atoms with Crippen LogP contribution >= 0.6 is 0 Å². The molecule has 1 aliphatic heterocycles. The molecule has 1 aromatic rings. The summed E-state index contributed by atoms with van der Waals surface area (Å²) in [6.07, 6.45) is 1.56. The van der Waals surface area contributed by atoms with Gasteiger partial charge in [0.2, 0.25) is 5.91 Å². The number of hydrogen-bond acceptors (Lipinski definition) is 3. The fraction of sp³-hybridized carbons (Fsp3) is 0.533. The monoisotopic (exact) mass is 277 g/mol. The summed E-state index contributed by atoms with van der Waals surface area (Å²) >= 11 is 0. The minimum Gasteiger partial charge on any atom is -0.320 e. The number of carbonyl (C=O) groups is 1. The van der Waals surface area contributed by atoms with Gasteiger partial charge in [-0.15, -0.1) is 0 Å². The Bertz CT molecular complexity index is 528. The van der Waals surface area contributed by atoms with Crippen molar-refractivity contribution in [3.63, 3.8) is 0 Å². The molecule has 4 nitrogen and oxygen atoms in total. The van der Waals surface area contributed by atoms with Gasteiger partial charge in [0.05, 0.1) is 0 Å². The zero-order chi connectivity index (χ0) is 14.3. The molecular weight excluding hydrogens is 257 g/mol. The van der Waals surface area contributed by atoms with Gasteiger partial charge >= 0.3 is 0 Å². The first kappa shape index (κ1) is 13.5. The molecule has 1 unspecified atom stereocenters. The molecule has 3 rings (SSSR count). The van der Waals surface area contributed by atoms with Crippen LogP contribution in [0, 0.1) is 5.82 Å². The highest BCUT2D eigenvalue weighted by molar-refractivity contribution is 5.92. The first-order valence-electron chi connectivity index (χ1n) is 7.01. The molecule has 1 N–H and O–H groups in total. The van der Waals surface area contributed by atoms with Crippen molar-refractivity contribution in [1.82, 2.24) is 15.1 Å². The Morgan fingerprint density at radius 2 is 2.20 bits per heavy atom. The molecule has 108 valence electrons. The molecule has 1 aromatic carbocycles. The fourth-order valence-corrected chi connectivity index (χ4v) is 2.76. The number of halogens is 1. The Morgan fingerprint density at radius 3 is 2.80 bits per heavy atom. The van der Waals surface area contributed by atoms with E-state index in [1.807, 2.05) is 30.0 Å². The number of hydrogen-bond donors (Lipinski definition) is 1. The lowest BCUT2D eigenvalue weighted by atomic mass is 10.1. The fourth-order valence-electron chi connectivity index (χ4n) is 2.76. The highest BCUT2D eigenvalue weighted by Gasteiger charge is 2.59. The van der Waals surface area contributed by atoms with Gasteiger partial charge in [0.15, 0.2) is 0 Å². The van der Waals surface area contributed by atoms with E-state index in [1.165, 1.54) is 12.1 Å². The number of carbonyl (C=O) groups excluding carboxylic acids is 1. The van der Waals surface area contributed by atoms with E-state index in [9.17, 15) is 9.18 Å². The zero-order valence-electron chi connectivity index (χ0n) is 11.9. The molecule has 1 spiro atoms. The van der Waals surface area contributed by atoms with E-state index in [1.54, 1.807) is 6.07 Å². The van der Waals surface area contributed by atoms with Gasteiger partial charge in [-0.25, -0.2) is 4.39 Å². The predicted molar refractivity (Wildman–Crippen MR) is 74.5 cm³/mol. The van der Waals surface area contributed by atoms with Gasteiger partial charge in [0, 0.05) is 13.1 Å². The SMILES string of the molecule is CN(C)CCN1C(=O)C2(CC2)NC1c1cccc(F)c1. The summed E-state index contributed by atoms with van der Waals surface area (Å²) in [4.78, 5) is 16.4. The van der Waals surface area contributed by atoms with Crippen molar-refractivity contribution >= 4 is 5.91 Å². The third-order valence-electron chi connectivity index (χ3n) is 4.10. The highest BCUT2D eigenvalue weighted by Crippen LogP contribution is 2.45. The Morgan fingerprint density at radius 1 is 1.45 bits per heavy atom. The van der Waals surface area contributed by atoms with Crippen molar-refractivity contribution in [2.24, 2.45) is 0 Å². The first-order valence-corrected chi connectivity index (χ1v) is 7.01. The summed E-state index contributed by atoms with van der Waals surface area (Å²) in [6, 6.07) is 6.50. The van der Waals surface area contributed by atoms with Crippen LogP contribution in [0.1, 0.15) is 24.6 Å². The molecule has 1 heterocycles. The maximum Gasteiger partial charge on any atom is 0.244 e. The van der Waals surface area contributed by atoms with E-state index >= 15 is 0 Å². The van der Waals surface area contributed by atoms with Crippen molar-refractivity contribution in [3.8, 4) is 0 Å². The van der Waals surface area contributed by atoms with E-state index in [-0.39, 0.29) is 23.4 Å². The van der Waals surface area contributed by atoms with Gasteiger partial charge in [-0.3, -0.25) is 10.1 Å². The molecular formula is C15H20FN3O. The molecule has 2 aliphatic rings. The largest absolute Gasteiger partial charge is 0.320 e. The molecule has 1 saturated heterocycles. The number of amides is 1. The van der Waals surface area contributed by atoms with Gasteiger partial charge in [-0.05, 0) is 44.6 Å². The van der Waals surface area contributed by atoms with E-state index in [4.69, 9.17) is 0 Å². The lowest BCUT2D eigenvalue weighted by Crippen LogP contribution is -2.37. The quantitative estimate of drug-likeness (QED) is 0.902. The summed E-state index contributed by atoms with van der Waals surface area (Å²) in [5.41, 5.74) is 0.449.